The van der Waals surface area contributed by atoms with Crippen LogP contribution in [-0.4, -0.2) is 10.7 Å². The average Bonchev–Trinajstić information content (AvgIpc) is 2.38. The molecule has 0 aromatic carbocycles. The van der Waals surface area contributed by atoms with E-state index in [9.17, 15) is 0 Å². The molecule has 0 aromatic heterocycles. The predicted molar refractivity (Wildman–Crippen MR) is 93.7 cm³/mol. The SMILES string of the molecule is CCCCCCCC(C)(CBr)CCCCCC(C)Cl. The van der Waals surface area contributed by atoms with Gasteiger partial charge in [-0.3, -0.25) is 0 Å². The molecule has 19 heavy (non-hydrogen) atoms. The van der Waals surface area contributed by atoms with Crippen molar-refractivity contribution in [2.24, 2.45) is 5.41 Å². The molecule has 0 bridgehead atoms. The van der Waals surface area contributed by atoms with Crippen molar-refractivity contribution in [3.8, 4) is 0 Å². The smallest absolute Gasteiger partial charge is 0.0307 e. The maximum Gasteiger partial charge on any atom is 0.0307 e. The Labute approximate surface area is 135 Å². The summed E-state index contributed by atoms with van der Waals surface area (Å²) in [6.07, 6.45) is 14.9. The topological polar surface area (TPSA) is 0 Å². The normalized spacial score (nSPS) is 16.3. The fourth-order valence-electron chi connectivity index (χ4n) is 2.57. The molecule has 0 spiro atoms. The number of unbranched alkanes of at least 4 members (excludes halogenated alkanes) is 6. The number of halogens is 2. The van der Waals surface area contributed by atoms with Crippen molar-refractivity contribution in [1.29, 1.82) is 0 Å². The maximum atomic E-state index is 5.98. The van der Waals surface area contributed by atoms with E-state index in [-0.39, 0.29) is 0 Å². The van der Waals surface area contributed by atoms with Gasteiger partial charge in [0.25, 0.3) is 0 Å². The second-order valence-electron chi connectivity index (χ2n) is 6.49. The molecule has 0 rings (SSSR count). The highest BCUT2D eigenvalue weighted by molar-refractivity contribution is 9.09. The first-order valence-electron chi connectivity index (χ1n) is 8.24. The Bertz CT molecular complexity index is 194. The van der Waals surface area contributed by atoms with Gasteiger partial charge in [0.05, 0.1) is 0 Å². The lowest BCUT2D eigenvalue weighted by atomic mass is 9.81. The van der Waals surface area contributed by atoms with Crippen molar-refractivity contribution in [2.45, 2.75) is 96.8 Å². The molecule has 0 aromatic rings. The Hall–Kier alpha value is 0.770. The largest absolute Gasteiger partial charge is 0.123 e. The lowest BCUT2D eigenvalue weighted by Crippen LogP contribution is -2.18. The first-order valence-corrected chi connectivity index (χ1v) is 9.80. The number of hydrogen-bond donors (Lipinski definition) is 0. The molecule has 0 aliphatic heterocycles. The molecule has 2 heteroatoms. The molecule has 0 saturated carbocycles. The van der Waals surface area contributed by atoms with Crippen LogP contribution in [0.15, 0.2) is 0 Å². The minimum absolute atomic E-state index is 0.348. The molecule has 0 amide bonds. The molecular formula is C17H34BrCl. The fraction of sp³-hybridized carbons (Fsp3) is 1.00. The van der Waals surface area contributed by atoms with Crippen LogP contribution in [0.3, 0.4) is 0 Å². The van der Waals surface area contributed by atoms with Gasteiger partial charge in [-0.1, -0.05) is 81.1 Å². The molecule has 2 atom stereocenters. The van der Waals surface area contributed by atoms with Crippen LogP contribution >= 0.6 is 27.5 Å². The summed E-state index contributed by atoms with van der Waals surface area (Å²) in [6, 6.07) is 0. The second kappa shape index (κ2) is 12.5. The van der Waals surface area contributed by atoms with E-state index in [0.29, 0.717) is 10.8 Å². The highest BCUT2D eigenvalue weighted by Crippen LogP contribution is 2.33. The van der Waals surface area contributed by atoms with E-state index in [2.05, 4.69) is 36.7 Å². The Balaban J connectivity index is 3.64. The van der Waals surface area contributed by atoms with E-state index in [1.807, 2.05) is 0 Å². The summed E-state index contributed by atoms with van der Waals surface area (Å²) in [5.74, 6) is 0. The molecule has 0 heterocycles. The van der Waals surface area contributed by atoms with E-state index < -0.39 is 0 Å². The number of alkyl halides is 2. The molecule has 0 aliphatic carbocycles. The summed E-state index contributed by atoms with van der Waals surface area (Å²) in [6.45, 7) is 6.83. The highest BCUT2D eigenvalue weighted by Gasteiger charge is 2.21. The van der Waals surface area contributed by atoms with Crippen LogP contribution in [-0.2, 0) is 0 Å². The quantitative estimate of drug-likeness (QED) is 0.240. The molecule has 0 aliphatic rings. The summed E-state index contributed by atoms with van der Waals surface area (Å²) in [7, 11) is 0. The van der Waals surface area contributed by atoms with Crippen molar-refractivity contribution in [1.82, 2.24) is 0 Å². The lowest BCUT2D eigenvalue weighted by molar-refractivity contribution is 0.292. The van der Waals surface area contributed by atoms with E-state index in [4.69, 9.17) is 11.6 Å². The van der Waals surface area contributed by atoms with Crippen molar-refractivity contribution in [3.05, 3.63) is 0 Å². The van der Waals surface area contributed by atoms with E-state index in [0.717, 1.165) is 5.33 Å². The van der Waals surface area contributed by atoms with Crippen molar-refractivity contribution in [2.75, 3.05) is 5.33 Å². The summed E-state index contributed by atoms with van der Waals surface area (Å²) in [5, 5.41) is 1.50. The van der Waals surface area contributed by atoms with Gasteiger partial charge in [0.2, 0.25) is 0 Å². The monoisotopic (exact) mass is 352 g/mol. The van der Waals surface area contributed by atoms with Gasteiger partial charge in [0.1, 0.15) is 0 Å². The van der Waals surface area contributed by atoms with Gasteiger partial charge in [0.15, 0.2) is 0 Å². The fourth-order valence-corrected chi connectivity index (χ4v) is 3.28. The molecule has 0 fully saturated rings. The second-order valence-corrected chi connectivity index (χ2v) is 7.79. The van der Waals surface area contributed by atoms with E-state index in [1.165, 1.54) is 70.6 Å². The van der Waals surface area contributed by atoms with Crippen molar-refractivity contribution < 1.29 is 0 Å². The highest BCUT2D eigenvalue weighted by atomic mass is 79.9. The minimum Gasteiger partial charge on any atom is -0.123 e. The predicted octanol–water partition coefficient (Wildman–Crippen LogP) is 7.33. The van der Waals surface area contributed by atoms with Crippen LogP contribution in [0.25, 0.3) is 0 Å². The van der Waals surface area contributed by atoms with Gasteiger partial charge in [-0.15, -0.1) is 11.6 Å². The van der Waals surface area contributed by atoms with Gasteiger partial charge in [-0.25, -0.2) is 0 Å². The Morgan fingerprint density at radius 1 is 0.947 bits per heavy atom. The molecule has 0 N–H and O–H groups in total. The molecule has 2 unspecified atom stereocenters. The molecule has 0 radical (unpaired) electrons. The lowest BCUT2D eigenvalue weighted by Gasteiger charge is -2.27. The molecular weight excluding hydrogens is 320 g/mol. The molecule has 116 valence electrons. The summed E-state index contributed by atoms with van der Waals surface area (Å²) < 4.78 is 0. The maximum absolute atomic E-state index is 5.98. The Morgan fingerprint density at radius 2 is 1.47 bits per heavy atom. The van der Waals surface area contributed by atoms with Crippen LogP contribution in [0, 0.1) is 5.41 Å². The summed E-state index contributed by atoms with van der Waals surface area (Å²) in [4.78, 5) is 0. The van der Waals surface area contributed by atoms with Crippen LogP contribution in [0.1, 0.15) is 91.4 Å². The first-order chi connectivity index (χ1) is 9.04. The van der Waals surface area contributed by atoms with Crippen LogP contribution < -0.4 is 0 Å². The van der Waals surface area contributed by atoms with Gasteiger partial charge in [-0.2, -0.15) is 0 Å². The van der Waals surface area contributed by atoms with Crippen LogP contribution in [0.2, 0.25) is 0 Å². The first kappa shape index (κ1) is 19.8. The van der Waals surface area contributed by atoms with Gasteiger partial charge >= 0.3 is 0 Å². The van der Waals surface area contributed by atoms with E-state index in [1.54, 1.807) is 0 Å². The van der Waals surface area contributed by atoms with Crippen molar-refractivity contribution in [3.63, 3.8) is 0 Å². The molecule has 0 saturated heterocycles. The third-order valence-electron chi connectivity index (χ3n) is 4.09. The van der Waals surface area contributed by atoms with Gasteiger partial charge in [-0.05, 0) is 31.6 Å². The number of rotatable bonds is 13. The zero-order valence-electron chi connectivity index (χ0n) is 13.3. The molecule has 0 nitrogen and oxygen atoms in total. The minimum atomic E-state index is 0.348. The van der Waals surface area contributed by atoms with Gasteiger partial charge in [0, 0.05) is 10.7 Å². The van der Waals surface area contributed by atoms with Crippen LogP contribution in [0.4, 0.5) is 0 Å². The third-order valence-corrected chi connectivity index (χ3v) is 5.66. The van der Waals surface area contributed by atoms with E-state index >= 15 is 0 Å². The number of hydrogen-bond acceptors (Lipinski definition) is 0. The van der Waals surface area contributed by atoms with Crippen molar-refractivity contribution >= 4 is 27.5 Å². The van der Waals surface area contributed by atoms with Crippen LogP contribution in [0.5, 0.6) is 0 Å². The zero-order valence-corrected chi connectivity index (χ0v) is 15.7. The standard InChI is InChI=1S/C17H34BrCl/c1-4-5-6-7-10-13-17(3,15-18)14-11-8-9-12-16(2)19/h16H,4-15H2,1-3H3. The third kappa shape index (κ3) is 12.2. The average molecular weight is 354 g/mol. The Kier molecular flexibility index (Phi) is 13.0. The summed E-state index contributed by atoms with van der Waals surface area (Å²) in [5.41, 5.74) is 0.513. The summed E-state index contributed by atoms with van der Waals surface area (Å²) >= 11 is 9.70. The zero-order chi connectivity index (χ0) is 14.6. The van der Waals surface area contributed by atoms with Gasteiger partial charge < -0.3 is 0 Å². The Morgan fingerprint density at radius 3 is 1.95 bits per heavy atom.